The normalized spacial score (nSPS) is 10.6. The summed E-state index contributed by atoms with van der Waals surface area (Å²) in [6.45, 7) is 7.93. The molecule has 3 rings (SSSR count). The van der Waals surface area contributed by atoms with Gasteiger partial charge in [0.2, 0.25) is 5.91 Å². The second kappa shape index (κ2) is 9.98. The van der Waals surface area contributed by atoms with Crippen molar-refractivity contribution in [3.05, 3.63) is 76.7 Å². The Bertz CT molecular complexity index is 1110. The first kappa shape index (κ1) is 22.2. The van der Waals surface area contributed by atoms with Crippen LogP contribution in [0, 0.1) is 20.8 Å². The quantitative estimate of drug-likeness (QED) is 0.486. The number of carbonyl (C=O) groups excluding carboxylic acids is 2. The van der Waals surface area contributed by atoms with Gasteiger partial charge in [-0.15, -0.1) is 0 Å². The number of hydrogen-bond acceptors (Lipinski definition) is 5. The molecule has 0 unspecified atom stereocenters. The molecule has 6 heteroatoms. The van der Waals surface area contributed by atoms with Gasteiger partial charge in [-0.05, 0) is 62.1 Å². The fourth-order valence-electron chi connectivity index (χ4n) is 3.25. The van der Waals surface area contributed by atoms with Gasteiger partial charge >= 0.3 is 0 Å². The maximum atomic E-state index is 12.5. The minimum absolute atomic E-state index is 0.0245. The van der Waals surface area contributed by atoms with Gasteiger partial charge in [-0.3, -0.25) is 9.59 Å². The highest BCUT2D eigenvalue weighted by atomic mass is 16.2. The zero-order valence-corrected chi connectivity index (χ0v) is 18.5. The summed E-state index contributed by atoms with van der Waals surface area (Å²) in [5, 5.41) is 6.20. The predicted octanol–water partition coefficient (Wildman–Crippen LogP) is 5.31. The van der Waals surface area contributed by atoms with Crippen molar-refractivity contribution in [2.24, 2.45) is 0 Å². The first-order valence-corrected chi connectivity index (χ1v) is 10.4. The van der Waals surface area contributed by atoms with Gasteiger partial charge in [-0.25, -0.2) is 9.97 Å². The third kappa shape index (κ3) is 5.98. The summed E-state index contributed by atoms with van der Waals surface area (Å²) in [6, 6.07) is 13.3. The number of amides is 1. The number of carbonyl (C=O) groups is 2. The van der Waals surface area contributed by atoms with Crippen molar-refractivity contribution in [3.8, 4) is 0 Å². The molecule has 0 radical (unpaired) electrons. The third-order valence-electron chi connectivity index (χ3n) is 5.25. The number of Topliss-reactive ketones (excluding diaryl/α,β-unsaturated/α-hetero) is 1. The SMILES string of the molecule is CCc1ccc(Nc2cc(C)ncn2)cc1NC(=O)CCC(=O)c1ccc(C)c(C)c1. The van der Waals surface area contributed by atoms with Crippen molar-refractivity contribution >= 4 is 28.9 Å². The number of aromatic nitrogens is 2. The highest BCUT2D eigenvalue weighted by molar-refractivity contribution is 6.00. The summed E-state index contributed by atoms with van der Waals surface area (Å²) in [7, 11) is 0. The van der Waals surface area contributed by atoms with E-state index in [-0.39, 0.29) is 24.5 Å². The van der Waals surface area contributed by atoms with E-state index in [0.717, 1.165) is 40.2 Å². The average Bonchev–Trinajstić information content (AvgIpc) is 2.74. The van der Waals surface area contributed by atoms with Gasteiger partial charge in [0.1, 0.15) is 12.1 Å². The number of benzene rings is 2. The molecule has 1 amide bonds. The van der Waals surface area contributed by atoms with Crippen LogP contribution >= 0.6 is 0 Å². The van der Waals surface area contributed by atoms with Crippen LogP contribution in [0.5, 0.6) is 0 Å². The molecule has 0 aliphatic heterocycles. The Balaban J connectivity index is 1.65. The highest BCUT2D eigenvalue weighted by Crippen LogP contribution is 2.24. The van der Waals surface area contributed by atoms with Crippen molar-refractivity contribution < 1.29 is 9.59 Å². The molecule has 3 aromatic rings. The second-order valence-corrected chi connectivity index (χ2v) is 7.67. The molecule has 0 bridgehead atoms. The number of rotatable bonds is 8. The lowest BCUT2D eigenvalue weighted by atomic mass is 10.0. The standard InChI is InChI=1S/C25H28N4O2/c1-5-19-8-9-21(28-24-13-18(4)26-15-27-24)14-22(19)29-25(31)11-10-23(30)20-7-6-16(2)17(3)12-20/h6-9,12-15H,5,10-11H2,1-4H3,(H,29,31)(H,26,27,28). The van der Waals surface area contributed by atoms with Crippen LogP contribution in [-0.2, 0) is 11.2 Å². The van der Waals surface area contributed by atoms with Crippen LogP contribution in [0.25, 0.3) is 0 Å². The Morgan fingerprint density at radius 1 is 0.903 bits per heavy atom. The van der Waals surface area contributed by atoms with E-state index < -0.39 is 0 Å². The molecule has 0 saturated carbocycles. The molecule has 1 aromatic heterocycles. The van der Waals surface area contributed by atoms with Crippen LogP contribution in [0.3, 0.4) is 0 Å². The van der Waals surface area contributed by atoms with Gasteiger partial charge in [-0.2, -0.15) is 0 Å². The summed E-state index contributed by atoms with van der Waals surface area (Å²) in [6.07, 6.45) is 2.60. The molecule has 0 aliphatic rings. The Morgan fingerprint density at radius 2 is 1.71 bits per heavy atom. The van der Waals surface area contributed by atoms with E-state index >= 15 is 0 Å². The highest BCUT2D eigenvalue weighted by Gasteiger charge is 2.12. The summed E-state index contributed by atoms with van der Waals surface area (Å²) < 4.78 is 0. The van der Waals surface area contributed by atoms with Gasteiger partial charge in [-0.1, -0.05) is 25.1 Å². The van der Waals surface area contributed by atoms with Crippen LogP contribution in [-0.4, -0.2) is 21.7 Å². The summed E-state index contributed by atoms with van der Waals surface area (Å²) in [5.74, 6) is 0.485. The Kier molecular flexibility index (Phi) is 7.13. The molecule has 0 aliphatic carbocycles. The summed E-state index contributed by atoms with van der Waals surface area (Å²) in [4.78, 5) is 33.3. The number of nitrogens with zero attached hydrogens (tertiary/aromatic N) is 2. The molecular formula is C25H28N4O2. The van der Waals surface area contributed by atoms with E-state index in [9.17, 15) is 9.59 Å². The van der Waals surface area contributed by atoms with Crippen LogP contribution in [0.15, 0.2) is 48.8 Å². The molecule has 2 N–H and O–H groups in total. The fraction of sp³-hybridized carbons (Fsp3) is 0.280. The van der Waals surface area contributed by atoms with Crippen molar-refractivity contribution in [3.63, 3.8) is 0 Å². The maximum absolute atomic E-state index is 12.5. The lowest BCUT2D eigenvalue weighted by Gasteiger charge is -2.13. The third-order valence-corrected chi connectivity index (χ3v) is 5.25. The largest absolute Gasteiger partial charge is 0.340 e. The number of ketones is 1. The summed E-state index contributed by atoms with van der Waals surface area (Å²) >= 11 is 0. The number of nitrogens with one attached hydrogen (secondary N) is 2. The van der Waals surface area contributed by atoms with E-state index in [1.165, 1.54) is 6.33 Å². The molecule has 0 atom stereocenters. The maximum Gasteiger partial charge on any atom is 0.224 e. The van der Waals surface area contributed by atoms with Crippen molar-refractivity contribution in [2.75, 3.05) is 10.6 Å². The number of hydrogen-bond donors (Lipinski definition) is 2. The number of anilines is 3. The molecule has 0 spiro atoms. The molecule has 1 heterocycles. The fourth-order valence-corrected chi connectivity index (χ4v) is 3.25. The van der Waals surface area contributed by atoms with Gasteiger partial charge in [0, 0.05) is 41.5 Å². The predicted molar refractivity (Wildman–Crippen MR) is 124 cm³/mol. The van der Waals surface area contributed by atoms with E-state index in [0.29, 0.717) is 11.4 Å². The van der Waals surface area contributed by atoms with E-state index in [1.807, 2.05) is 70.2 Å². The van der Waals surface area contributed by atoms with Crippen molar-refractivity contribution in [2.45, 2.75) is 47.0 Å². The van der Waals surface area contributed by atoms with Crippen molar-refractivity contribution in [1.82, 2.24) is 9.97 Å². The van der Waals surface area contributed by atoms with Crippen molar-refractivity contribution in [1.29, 1.82) is 0 Å². The molecular weight excluding hydrogens is 388 g/mol. The van der Waals surface area contributed by atoms with Gasteiger partial charge in [0.15, 0.2) is 5.78 Å². The molecule has 6 nitrogen and oxygen atoms in total. The summed E-state index contributed by atoms with van der Waals surface area (Å²) in [5.41, 5.74) is 6.32. The van der Waals surface area contributed by atoms with Gasteiger partial charge in [0.25, 0.3) is 0 Å². The molecule has 0 saturated heterocycles. The molecule has 160 valence electrons. The smallest absolute Gasteiger partial charge is 0.224 e. The second-order valence-electron chi connectivity index (χ2n) is 7.67. The average molecular weight is 417 g/mol. The topological polar surface area (TPSA) is 84.0 Å². The van der Waals surface area contributed by atoms with Crippen LogP contribution < -0.4 is 10.6 Å². The molecule has 2 aromatic carbocycles. The number of aryl methyl sites for hydroxylation is 4. The first-order chi connectivity index (χ1) is 14.9. The minimum Gasteiger partial charge on any atom is -0.340 e. The van der Waals surface area contributed by atoms with Crippen LogP contribution in [0.4, 0.5) is 17.2 Å². The zero-order chi connectivity index (χ0) is 22.4. The van der Waals surface area contributed by atoms with E-state index in [2.05, 4.69) is 20.6 Å². The lowest BCUT2D eigenvalue weighted by molar-refractivity contribution is -0.116. The van der Waals surface area contributed by atoms with Crippen LogP contribution in [0.2, 0.25) is 0 Å². The van der Waals surface area contributed by atoms with Crippen LogP contribution in [0.1, 0.15) is 52.5 Å². The van der Waals surface area contributed by atoms with E-state index in [1.54, 1.807) is 0 Å². The Hall–Kier alpha value is -3.54. The molecule has 31 heavy (non-hydrogen) atoms. The molecule has 0 fully saturated rings. The van der Waals surface area contributed by atoms with E-state index in [4.69, 9.17) is 0 Å². The Labute approximate surface area is 183 Å². The monoisotopic (exact) mass is 416 g/mol. The van der Waals surface area contributed by atoms with Gasteiger partial charge < -0.3 is 10.6 Å². The lowest BCUT2D eigenvalue weighted by Crippen LogP contribution is -2.15. The Morgan fingerprint density at radius 3 is 2.42 bits per heavy atom. The minimum atomic E-state index is -0.179. The van der Waals surface area contributed by atoms with Gasteiger partial charge in [0.05, 0.1) is 0 Å². The zero-order valence-electron chi connectivity index (χ0n) is 18.5. The first-order valence-electron chi connectivity index (χ1n) is 10.4.